The maximum absolute atomic E-state index is 10.8. The van der Waals surface area contributed by atoms with Gasteiger partial charge in [0, 0.05) is 5.69 Å². The molecule has 0 aromatic carbocycles. The van der Waals surface area contributed by atoms with Crippen molar-refractivity contribution < 1.29 is 9.90 Å². The number of carboxylic acids is 1. The lowest BCUT2D eigenvalue weighted by atomic mass is 9.97. The predicted molar refractivity (Wildman–Crippen MR) is 78.5 cm³/mol. The van der Waals surface area contributed by atoms with Gasteiger partial charge in [-0.15, -0.1) is 11.8 Å². The van der Waals surface area contributed by atoms with E-state index in [1.54, 1.807) is 18.7 Å². The summed E-state index contributed by atoms with van der Waals surface area (Å²) in [5.41, 5.74) is 6.81. The monoisotopic (exact) mass is 282 g/mol. The van der Waals surface area contributed by atoms with Crippen LogP contribution < -0.4 is 5.73 Å². The van der Waals surface area contributed by atoms with Crippen molar-refractivity contribution in [3.05, 3.63) is 23.4 Å². The van der Waals surface area contributed by atoms with Crippen molar-refractivity contribution in [2.45, 2.75) is 50.6 Å². The van der Waals surface area contributed by atoms with E-state index in [9.17, 15) is 4.79 Å². The van der Waals surface area contributed by atoms with Crippen LogP contribution in [0.3, 0.4) is 0 Å². The third-order valence-corrected chi connectivity index (χ3v) is 3.90. The summed E-state index contributed by atoms with van der Waals surface area (Å²) in [7, 11) is 0. The Kier molecular flexibility index (Phi) is 5.82. The van der Waals surface area contributed by atoms with Gasteiger partial charge in [-0.05, 0) is 57.1 Å². The van der Waals surface area contributed by atoms with Crippen molar-refractivity contribution in [2.24, 2.45) is 5.73 Å². The molecule has 19 heavy (non-hydrogen) atoms. The van der Waals surface area contributed by atoms with Gasteiger partial charge < -0.3 is 10.8 Å². The molecule has 0 aliphatic carbocycles. The summed E-state index contributed by atoms with van der Waals surface area (Å²) in [6, 6.07) is 4.12. The summed E-state index contributed by atoms with van der Waals surface area (Å²) in [6.07, 6.45) is 2.26. The van der Waals surface area contributed by atoms with E-state index in [1.807, 2.05) is 6.92 Å². The first-order valence-electron chi connectivity index (χ1n) is 6.41. The lowest BCUT2D eigenvalue weighted by molar-refractivity contribution is -0.142. The molecule has 0 aliphatic heterocycles. The number of hydrogen-bond acceptors (Lipinski definition) is 4. The molecule has 0 aliphatic rings. The number of pyridine rings is 1. The van der Waals surface area contributed by atoms with Gasteiger partial charge in [-0.1, -0.05) is 6.42 Å². The first-order chi connectivity index (χ1) is 8.81. The summed E-state index contributed by atoms with van der Waals surface area (Å²) in [5, 5.41) is 9.93. The maximum atomic E-state index is 10.8. The number of hydrogen-bond donors (Lipinski definition) is 2. The summed E-state index contributed by atoms with van der Waals surface area (Å²) in [5.74, 6) is 0.00196. The number of thioether (sulfide) groups is 1. The normalized spacial score (nSPS) is 14.1. The first kappa shape index (κ1) is 16.0. The molecule has 0 fully saturated rings. The quantitative estimate of drug-likeness (QED) is 0.594. The van der Waals surface area contributed by atoms with Crippen LogP contribution in [0.25, 0.3) is 0 Å². The van der Waals surface area contributed by atoms with Crippen LogP contribution in [0.2, 0.25) is 0 Å². The van der Waals surface area contributed by atoms with Crippen LogP contribution in [-0.2, 0) is 4.79 Å². The Morgan fingerprint density at radius 1 is 1.42 bits per heavy atom. The SMILES string of the molecule is Cc1cc(C)nc(SCCCCC(C)(N)C(=O)O)c1. The largest absolute Gasteiger partial charge is 0.480 e. The number of aryl methyl sites for hydroxylation is 2. The number of nitrogens with two attached hydrogens (primary N) is 1. The number of carboxylic acid groups (broad SMARTS) is 1. The summed E-state index contributed by atoms with van der Waals surface area (Å²) < 4.78 is 0. The van der Waals surface area contributed by atoms with Gasteiger partial charge in [-0.2, -0.15) is 0 Å². The molecular weight excluding hydrogens is 260 g/mol. The molecule has 106 valence electrons. The van der Waals surface area contributed by atoms with Crippen LogP contribution in [0.15, 0.2) is 17.2 Å². The van der Waals surface area contributed by atoms with E-state index in [0.29, 0.717) is 6.42 Å². The van der Waals surface area contributed by atoms with E-state index in [2.05, 4.69) is 24.0 Å². The molecular formula is C14H22N2O2S. The lowest BCUT2D eigenvalue weighted by Crippen LogP contribution is -2.44. The summed E-state index contributed by atoms with van der Waals surface area (Å²) in [4.78, 5) is 15.3. The van der Waals surface area contributed by atoms with Gasteiger partial charge in [0.1, 0.15) is 5.54 Å². The molecule has 1 atom stereocenters. The Bertz CT molecular complexity index is 427. The highest BCUT2D eigenvalue weighted by atomic mass is 32.2. The zero-order chi connectivity index (χ0) is 14.5. The lowest BCUT2D eigenvalue weighted by Gasteiger charge is -2.18. The smallest absolute Gasteiger partial charge is 0.323 e. The summed E-state index contributed by atoms with van der Waals surface area (Å²) >= 11 is 1.71. The topological polar surface area (TPSA) is 76.2 Å². The molecule has 0 radical (unpaired) electrons. The van der Waals surface area contributed by atoms with Crippen LogP contribution in [0.4, 0.5) is 0 Å². The second kappa shape index (κ2) is 6.91. The van der Waals surface area contributed by atoms with E-state index < -0.39 is 11.5 Å². The molecule has 1 aromatic heterocycles. The fraction of sp³-hybridized carbons (Fsp3) is 0.571. The molecule has 1 unspecified atom stereocenters. The van der Waals surface area contributed by atoms with Crippen LogP contribution >= 0.6 is 11.8 Å². The van der Waals surface area contributed by atoms with Crippen molar-refractivity contribution in [1.29, 1.82) is 0 Å². The Morgan fingerprint density at radius 3 is 2.68 bits per heavy atom. The number of unbranched alkanes of at least 4 members (excludes halogenated alkanes) is 1. The van der Waals surface area contributed by atoms with Crippen LogP contribution in [-0.4, -0.2) is 27.4 Å². The van der Waals surface area contributed by atoms with E-state index in [0.717, 1.165) is 29.3 Å². The van der Waals surface area contributed by atoms with E-state index in [1.165, 1.54) is 5.56 Å². The van der Waals surface area contributed by atoms with E-state index in [-0.39, 0.29) is 0 Å². The molecule has 4 nitrogen and oxygen atoms in total. The molecule has 0 saturated heterocycles. The van der Waals surface area contributed by atoms with Crippen LogP contribution in [0.5, 0.6) is 0 Å². The van der Waals surface area contributed by atoms with Crippen LogP contribution in [0, 0.1) is 13.8 Å². The molecule has 5 heteroatoms. The standard InChI is InChI=1S/C14H22N2O2S/c1-10-8-11(2)16-12(9-10)19-7-5-4-6-14(3,15)13(17)18/h8-9H,4-7,15H2,1-3H3,(H,17,18). The second-order valence-electron chi connectivity index (χ2n) is 5.15. The van der Waals surface area contributed by atoms with Gasteiger partial charge >= 0.3 is 5.97 Å². The van der Waals surface area contributed by atoms with Crippen molar-refractivity contribution in [2.75, 3.05) is 5.75 Å². The van der Waals surface area contributed by atoms with Crippen LogP contribution in [0.1, 0.15) is 37.4 Å². The fourth-order valence-corrected chi connectivity index (χ4v) is 2.79. The van der Waals surface area contributed by atoms with Crippen molar-refractivity contribution in [3.63, 3.8) is 0 Å². The number of carbonyl (C=O) groups is 1. The minimum Gasteiger partial charge on any atom is -0.480 e. The van der Waals surface area contributed by atoms with Crippen molar-refractivity contribution in [3.8, 4) is 0 Å². The molecule has 1 aromatic rings. The predicted octanol–water partition coefficient (Wildman–Crippen LogP) is 2.76. The van der Waals surface area contributed by atoms with Gasteiger partial charge in [-0.25, -0.2) is 4.98 Å². The zero-order valence-electron chi connectivity index (χ0n) is 11.8. The maximum Gasteiger partial charge on any atom is 0.323 e. The van der Waals surface area contributed by atoms with Crippen molar-refractivity contribution >= 4 is 17.7 Å². The van der Waals surface area contributed by atoms with Crippen molar-refractivity contribution in [1.82, 2.24) is 4.98 Å². The van der Waals surface area contributed by atoms with E-state index >= 15 is 0 Å². The Labute approximate surface area is 118 Å². The average Bonchev–Trinajstić information content (AvgIpc) is 2.26. The third kappa shape index (κ3) is 5.61. The highest BCUT2D eigenvalue weighted by Crippen LogP contribution is 2.20. The first-order valence-corrected chi connectivity index (χ1v) is 7.40. The highest BCUT2D eigenvalue weighted by molar-refractivity contribution is 7.99. The Balaban J connectivity index is 2.30. The molecule has 0 spiro atoms. The second-order valence-corrected chi connectivity index (χ2v) is 6.27. The van der Waals surface area contributed by atoms with Gasteiger partial charge in [0.05, 0.1) is 5.03 Å². The minimum absolute atomic E-state index is 0.503. The fourth-order valence-electron chi connectivity index (χ4n) is 1.76. The Morgan fingerprint density at radius 2 is 2.11 bits per heavy atom. The molecule has 1 heterocycles. The third-order valence-electron chi connectivity index (χ3n) is 2.90. The zero-order valence-corrected chi connectivity index (χ0v) is 12.6. The van der Waals surface area contributed by atoms with Gasteiger partial charge in [0.15, 0.2) is 0 Å². The molecule has 0 saturated carbocycles. The van der Waals surface area contributed by atoms with Gasteiger partial charge in [0.2, 0.25) is 0 Å². The minimum atomic E-state index is -1.11. The average molecular weight is 282 g/mol. The number of rotatable bonds is 7. The number of aromatic nitrogens is 1. The van der Waals surface area contributed by atoms with Gasteiger partial charge in [0.25, 0.3) is 0 Å². The molecule has 1 rings (SSSR count). The van der Waals surface area contributed by atoms with E-state index in [4.69, 9.17) is 10.8 Å². The van der Waals surface area contributed by atoms with Gasteiger partial charge in [-0.3, -0.25) is 4.79 Å². The number of nitrogens with zero attached hydrogens (tertiary/aromatic N) is 1. The molecule has 0 bridgehead atoms. The molecule has 3 N–H and O–H groups in total. The Hall–Kier alpha value is -1.07. The summed E-state index contributed by atoms with van der Waals surface area (Å²) in [6.45, 7) is 5.61. The number of aliphatic carboxylic acids is 1. The molecule has 0 amide bonds. The highest BCUT2D eigenvalue weighted by Gasteiger charge is 2.26.